The first kappa shape index (κ1) is 49.2. The van der Waals surface area contributed by atoms with Crippen molar-refractivity contribution in [3.8, 4) is 0 Å². The van der Waals surface area contributed by atoms with E-state index < -0.39 is 0 Å². The van der Waals surface area contributed by atoms with Gasteiger partial charge in [0.05, 0.1) is 13.1 Å². The van der Waals surface area contributed by atoms with Crippen molar-refractivity contribution in [3.63, 3.8) is 0 Å². The summed E-state index contributed by atoms with van der Waals surface area (Å²) in [4.78, 5) is 0. The predicted octanol–water partition coefficient (Wildman–Crippen LogP) is 17.4. The standard InChI is InChI=1S/C50H99N2/c1-4-7-10-13-16-19-22-24-25-26-27-29-32-35-38-41-44-47-52-49-48-51(46-43-40-37-34-31-21-18-15-12-9-6-3)50(52)45-42-39-36-33-30-28-23-20-17-14-11-8-5-2/h48-49H,4-47H2,1-3H3/q+1. The van der Waals surface area contributed by atoms with Gasteiger partial charge in [0.2, 0.25) is 0 Å². The van der Waals surface area contributed by atoms with Crippen LogP contribution in [0.4, 0.5) is 0 Å². The maximum atomic E-state index is 2.66. The molecule has 0 radical (unpaired) electrons. The Kier molecular flexibility index (Phi) is 39.2. The zero-order valence-electron chi connectivity index (χ0n) is 36.7. The fraction of sp³-hybridized carbons (Fsp3) is 0.940. The quantitative estimate of drug-likeness (QED) is 0.0467. The Balaban J connectivity index is 2.24. The fourth-order valence-electron chi connectivity index (χ4n) is 8.45. The van der Waals surface area contributed by atoms with Gasteiger partial charge in [-0.1, -0.05) is 252 Å². The molecule has 0 aliphatic heterocycles. The van der Waals surface area contributed by atoms with Gasteiger partial charge in [-0.05, 0) is 32.1 Å². The second-order valence-electron chi connectivity index (χ2n) is 17.3. The van der Waals surface area contributed by atoms with Crippen LogP contribution in [-0.2, 0) is 19.5 Å². The van der Waals surface area contributed by atoms with E-state index in [0.717, 1.165) is 0 Å². The van der Waals surface area contributed by atoms with Crippen molar-refractivity contribution in [2.75, 3.05) is 0 Å². The smallest absolute Gasteiger partial charge is 0.234 e. The van der Waals surface area contributed by atoms with Gasteiger partial charge in [0.1, 0.15) is 12.4 Å². The van der Waals surface area contributed by atoms with Crippen molar-refractivity contribution in [1.29, 1.82) is 0 Å². The number of aromatic nitrogens is 2. The van der Waals surface area contributed by atoms with E-state index in [1.165, 1.54) is 283 Å². The molecule has 1 heterocycles. The molecule has 1 aromatic heterocycles. The lowest BCUT2D eigenvalue weighted by atomic mass is 10.0. The summed E-state index contributed by atoms with van der Waals surface area (Å²) in [6.45, 7) is 9.42. The van der Waals surface area contributed by atoms with Crippen molar-refractivity contribution >= 4 is 0 Å². The molecule has 0 aliphatic carbocycles. The highest BCUT2D eigenvalue weighted by atomic mass is 15.1. The van der Waals surface area contributed by atoms with Gasteiger partial charge in [-0.15, -0.1) is 0 Å². The Hall–Kier alpha value is -0.790. The molecule has 0 bridgehead atoms. The highest BCUT2D eigenvalue weighted by molar-refractivity contribution is 4.84. The van der Waals surface area contributed by atoms with Crippen molar-refractivity contribution in [2.24, 2.45) is 0 Å². The summed E-state index contributed by atoms with van der Waals surface area (Å²) in [6, 6.07) is 0. The molecule has 0 unspecified atom stereocenters. The van der Waals surface area contributed by atoms with Gasteiger partial charge in [0, 0.05) is 6.42 Å². The van der Waals surface area contributed by atoms with E-state index in [4.69, 9.17) is 0 Å². The first-order chi connectivity index (χ1) is 25.8. The lowest BCUT2D eigenvalue weighted by Crippen LogP contribution is -2.37. The summed E-state index contributed by atoms with van der Waals surface area (Å²) in [6.07, 6.45) is 65.3. The topological polar surface area (TPSA) is 8.81 Å². The first-order valence-electron chi connectivity index (χ1n) is 24.9. The summed E-state index contributed by atoms with van der Waals surface area (Å²) in [5.74, 6) is 1.63. The lowest BCUT2D eigenvalue weighted by molar-refractivity contribution is -0.704. The normalized spacial score (nSPS) is 11.7. The Morgan fingerprint density at radius 3 is 0.923 bits per heavy atom. The zero-order chi connectivity index (χ0) is 37.3. The minimum atomic E-state index is 1.23. The van der Waals surface area contributed by atoms with Crippen molar-refractivity contribution in [1.82, 2.24) is 4.57 Å². The molecule has 1 rings (SSSR count). The van der Waals surface area contributed by atoms with E-state index in [1.54, 1.807) is 5.82 Å². The summed E-state index contributed by atoms with van der Waals surface area (Å²) >= 11 is 0. The first-order valence-corrected chi connectivity index (χ1v) is 24.9. The molecule has 0 saturated heterocycles. The molecule has 52 heavy (non-hydrogen) atoms. The van der Waals surface area contributed by atoms with Crippen LogP contribution in [0.15, 0.2) is 12.4 Å². The molecule has 0 spiro atoms. The maximum Gasteiger partial charge on any atom is 0.256 e. The number of unbranched alkanes of at least 4 members (excludes halogenated alkanes) is 38. The molecule has 0 amide bonds. The Morgan fingerprint density at radius 1 is 0.327 bits per heavy atom. The minimum Gasteiger partial charge on any atom is -0.234 e. The van der Waals surface area contributed by atoms with E-state index >= 15 is 0 Å². The van der Waals surface area contributed by atoms with Crippen molar-refractivity contribution < 1.29 is 4.57 Å². The van der Waals surface area contributed by atoms with E-state index in [1.807, 2.05) is 0 Å². The van der Waals surface area contributed by atoms with Gasteiger partial charge in [-0.3, -0.25) is 0 Å². The van der Waals surface area contributed by atoms with E-state index in [2.05, 4.69) is 42.3 Å². The monoisotopic (exact) mass is 728 g/mol. The van der Waals surface area contributed by atoms with Gasteiger partial charge in [0.25, 0.3) is 5.82 Å². The zero-order valence-corrected chi connectivity index (χ0v) is 36.7. The van der Waals surface area contributed by atoms with Crippen LogP contribution in [0.2, 0.25) is 0 Å². The average molecular weight is 728 g/mol. The number of imidazole rings is 1. The molecule has 308 valence electrons. The molecule has 2 heteroatoms. The van der Waals surface area contributed by atoms with Crippen LogP contribution in [0.5, 0.6) is 0 Å². The lowest BCUT2D eigenvalue weighted by Gasteiger charge is -2.07. The third kappa shape index (κ3) is 32.6. The molecule has 0 atom stereocenters. The van der Waals surface area contributed by atoms with Crippen LogP contribution in [0, 0.1) is 0 Å². The molecule has 0 saturated carbocycles. The predicted molar refractivity (Wildman–Crippen MR) is 235 cm³/mol. The molecule has 1 aromatic rings. The molecule has 0 fully saturated rings. The molecule has 0 aromatic carbocycles. The molecule has 2 nitrogen and oxygen atoms in total. The Labute approximate surface area is 329 Å². The molecular weight excluding hydrogens is 629 g/mol. The van der Waals surface area contributed by atoms with Crippen LogP contribution in [-0.4, -0.2) is 4.57 Å². The highest BCUT2D eigenvalue weighted by Gasteiger charge is 2.16. The van der Waals surface area contributed by atoms with Gasteiger partial charge in [-0.2, -0.15) is 0 Å². The van der Waals surface area contributed by atoms with Crippen LogP contribution < -0.4 is 4.57 Å². The minimum absolute atomic E-state index is 1.23. The van der Waals surface area contributed by atoms with Crippen LogP contribution in [0.1, 0.15) is 290 Å². The third-order valence-corrected chi connectivity index (χ3v) is 12.1. The number of hydrogen-bond acceptors (Lipinski definition) is 0. The highest BCUT2D eigenvalue weighted by Crippen LogP contribution is 2.17. The second-order valence-corrected chi connectivity index (χ2v) is 17.3. The fourth-order valence-corrected chi connectivity index (χ4v) is 8.45. The van der Waals surface area contributed by atoms with Crippen molar-refractivity contribution in [3.05, 3.63) is 18.2 Å². The Morgan fingerprint density at radius 2 is 0.596 bits per heavy atom. The Bertz CT molecular complexity index is 796. The summed E-state index contributed by atoms with van der Waals surface area (Å²) in [5.41, 5.74) is 0. The molecule has 0 N–H and O–H groups in total. The van der Waals surface area contributed by atoms with Crippen LogP contribution >= 0.6 is 0 Å². The summed E-state index contributed by atoms with van der Waals surface area (Å²) in [7, 11) is 0. The van der Waals surface area contributed by atoms with Crippen LogP contribution in [0.25, 0.3) is 0 Å². The number of hydrogen-bond donors (Lipinski definition) is 0. The summed E-state index contributed by atoms with van der Waals surface area (Å²) < 4.78 is 5.31. The average Bonchev–Trinajstić information content (AvgIpc) is 3.54. The molecule has 0 aliphatic rings. The third-order valence-electron chi connectivity index (χ3n) is 12.1. The SMILES string of the molecule is CCCCCCCCCCCCCCCCCCCn1cc[n+](CCCCCCCCCCCCC)c1CCCCCCCCCCCCCCC. The van der Waals surface area contributed by atoms with E-state index in [-0.39, 0.29) is 0 Å². The van der Waals surface area contributed by atoms with Gasteiger partial charge >= 0.3 is 0 Å². The van der Waals surface area contributed by atoms with Gasteiger partial charge in [-0.25, -0.2) is 9.13 Å². The number of rotatable bonds is 44. The van der Waals surface area contributed by atoms with E-state index in [0.29, 0.717) is 0 Å². The van der Waals surface area contributed by atoms with Gasteiger partial charge in [0.15, 0.2) is 0 Å². The largest absolute Gasteiger partial charge is 0.256 e. The maximum absolute atomic E-state index is 2.66. The molecular formula is C50H99N2+. The second kappa shape index (κ2) is 41.4. The number of aryl methyl sites for hydroxylation is 2. The van der Waals surface area contributed by atoms with E-state index in [9.17, 15) is 0 Å². The number of nitrogens with zero attached hydrogens (tertiary/aromatic N) is 2. The van der Waals surface area contributed by atoms with Gasteiger partial charge < -0.3 is 0 Å². The van der Waals surface area contributed by atoms with Crippen LogP contribution in [0.3, 0.4) is 0 Å². The summed E-state index contributed by atoms with van der Waals surface area (Å²) in [5, 5.41) is 0. The van der Waals surface area contributed by atoms with Crippen molar-refractivity contribution in [2.45, 2.75) is 304 Å².